The van der Waals surface area contributed by atoms with E-state index in [-0.39, 0.29) is 11.8 Å². The number of rotatable bonds is 5. The van der Waals surface area contributed by atoms with Crippen LogP contribution in [0.2, 0.25) is 0 Å². The van der Waals surface area contributed by atoms with Crippen molar-refractivity contribution in [2.24, 2.45) is 0 Å². The Balaban J connectivity index is 2.07. The Bertz CT molecular complexity index is 537. The highest BCUT2D eigenvalue weighted by atomic mass is 16.2. The molecule has 1 N–H and O–H groups in total. The molecular weight excluding hydrogens is 252 g/mol. The number of hydrogen-bond donors (Lipinski definition) is 1. The number of benzene rings is 1. The summed E-state index contributed by atoms with van der Waals surface area (Å²) in [6.45, 7) is 6.34. The first-order valence-electron chi connectivity index (χ1n) is 6.93. The molecule has 1 aliphatic heterocycles. The van der Waals surface area contributed by atoms with Gasteiger partial charge in [-0.15, -0.1) is 6.58 Å². The predicted octanol–water partition coefficient (Wildman–Crippen LogP) is 3.03. The number of amides is 2. The highest BCUT2D eigenvalue weighted by molar-refractivity contribution is 5.97. The standard InChI is InChI=1S/C16H20N2O2/c1-3-4-6-15(19)17-13-8-9-14(12(2)11-13)18-10-5-7-16(18)20/h3,8-9,11H,1,4-7,10H2,2H3,(H,17,19). The molecule has 0 radical (unpaired) electrons. The number of hydrogen-bond acceptors (Lipinski definition) is 2. The van der Waals surface area contributed by atoms with Crippen LogP contribution >= 0.6 is 0 Å². The predicted molar refractivity (Wildman–Crippen MR) is 80.8 cm³/mol. The summed E-state index contributed by atoms with van der Waals surface area (Å²) < 4.78 is 0. The van der Waals surface area contributed by atoms with Crippen LogP contribution in [0.3, 0.4) is 0 Å². The van der Waals surface area contributed by atoms with Crippen molar-refractivity contribution >= 4 is 23.2 Å². The highest BCUT2D eigenvalue weighted by Gasteiger charge is 2.22. The van der Waals surface area contributed by atoms with Crippen LogP contribution in [0, 0.1) is 6.92 Å². The number of aryl methyl sites for hydroxylation is 1. The molecule has 4 heteroatoms. The minimum Gasteiger partial charge on any atom is -0.326 e. The van der Waals surface area contributed by atoms with Crippen molar-refractivity contribution in [2.45, 2.75) is 32.6 Å². The molecule has 1 heterocycles. The maximum atomic E-state index is 11.8. The number of nitrogens with one attached hydrogen (secondary N) is 1. The third-order valence-corrected chi connectivity index (χ3v) is 3.42. The second kappa shape index (κ2) is 6.37. The van der Waals surface area contributed by atoms with Crippen LogP contribution in [0.15, 0.2) is 30.9 Å². The third kappa shape index (κ3) is 3.26. The molecule has 1 fully saturated rings. The summed E-state index contributed by atoms with van der Waals surface area (Å²) in [5.41, 5.74) is 2.71. The van der Waals surface area contributed by atoms with Crippen molar-refractivity contribution < 1.29 is 9.59 Å². The van der Waals surface area contributed by atoms with Crippen molar-refractivity contribution in [3.05, 3.63) is 36.4 Å². The summed E-state index contributed by atoms with van der Waals surface area (Å²) in [6.07, 6.45) is 4.38. The molecule has 2 amide bonds. The number of allylic oxidation sites excluding steroid dienone is 1. The van der Waals surface area contributed by atoms with Crippen LogP contribution in [-0.4, -0.2) is 18.4 Å². The van der Waals surface area contributed by atoms with Crippen molar-refractivity contribution in [1.82, 2.24) is 0 Å². The lowest BCUT2D eigenvalue weighted by Gasteiger charge is -2.19. The largest absolute Gasteiger partial charge is 0.326 e. The molecule has 1 aromatic rings. The molecule has 2 rings (SSSR count). The van der Waals surface area contributed by atoms with Crippen molar-refractivity contribution in [2.75, 3.05) is 16.8 Å². The van der Waals surface area contributed by atoms with E-state index >= 15 is 0 Å². The van der Waals surface area contributed by atoms with E-state index in [1.807, 2.05) is 30.0 Å². The Morgan fingerprint density at radius 3 is 2.90 bits per heavy atom. The molecule has 0 spiro atoms. The highest BCUT2D eigenvalue weighted by Crippen LogP contribution is 2.27. The summed E-state index contributed by atoms with van der Waals surface area (Å²) >= 11 is 0. The van der Waals surface area contributed by atoms with Crippen molar-refractivity contribution in [3.8, 4) is 0 Å². The van der Waals surface area contributed by atoms with E-state index in [1.54, 1.807) is 6.08 Å². The van der Waals surface area contributed by atoms with E-state index in [1.165, 1.54) is 0 Å². The fraction of sp³-hybridized carbons (Fsp3) is 0.375. The summed E-state index contributed by atoms with van der Waals surface area (Å²) in [6, 6.07) is 5.66. The molecule has 0 aromatic heterocycles. The van der Waals surface area contributed by atoms with E-state index in [2.05, 4.69) is 11.9 Å². The average Bonchev–Trinajstić information content (AvgIpc) is 2.83. The molecule has 4 nitrogen and oxygen atoms in total. The Labute approximate surface area is 119 Å². The van der Waals surface area contributed by atoms with Crippen LogP contribution in [0.1, 0.15) is 31.2 Å². The van der Waals surface area contributed by atoms with Crippen molar-refractivity contribution in [3.63, 3.8) is 0 Å². The zero-order valence-electron chi connectivity index (χ0n) is 11.8. The Morgan fingerprint density at radius 2 is 2.30 bits per heavy atom. The summed E-state index contributed by atoms with van der Waals surface area (Å²) in [4.78, 5) is 25.2. The summed E-state index contributed by atoms with van der Waals surface area (Å²) in [5.74, 6) is 0.158. The van der Waals surface area contributed by atoms with Gasteiger partial charge >= 0.3 is 0 Å². The first kappa shape index (κ1) is 14.3. The molecule has 20 heavy (non-hydrogen) atoms. The van der Waals surface area contributed by atoms with E-state index in [4.69, 9.17) is 0 Å². The maximum absolute atomic E-state index is 11.8. The fourth-order valence-electron chi connectivity index (χ4n) is 2.40. The van der Waals surface area contributed by atoms with Crippen LogP contribution in [0.4, 0.5) is 11.4 Å². The quantitative estimate of drug-likeness (QED) is 0.838. The summed E-state index contributed by atoms with van der Waals surface area (Å²) in [7, 11) is 0. The third-order valence-electron chi connectivity index (χ3n) is 3.42. The minimum absolute atomic E-state index is 0.0192. The van der Waals surface area contributed by atoms with Gasteiger partial charge in [0.15, 0.2) is 0 Å². The monoisotopic (exact) mass is 272 g/mol. The smallest absolute Gasteiger partial charge is 0.227 e. The molecule has 0 atom stereocenters. The van der Waals surface area contributed by atoms with Gasteiger partial charge in [-0.3, -0.25) is 9.59 Å². The second-order valence-corrected chi connectivity index (χ2v) is 5.03. The average molecular weight is 272 g/mol. The van der Waals surface area contributed by atoms with Gasteiger partial charge in [-0.05, 0) is 43.5 Å². The lowest BCUT2D eigenvalue weighted by molar-refractivity contribution is -0.117. The van der Waals surface area contributed by atoms with Gasteiger partial charge in [-0.25, -0.2) is 0 Å². The fourth-order valence-corrected chi connectivity index (χ4v) is 2.40. The lowest BCUT2D eigenvalue weighted by Crippen LogP contribution is -2.24. The van der Waals surface area contributed by atoms with Gasteiger partial charge in [0.1, 0.15) is 0 Å². The molecule has 0 aliphatic carbocycles. The van der Waals surface area contributed by atoms with E-state index < -0.39 is 0 Å². The Kier molecular flexibility index (Phi) is 4.56. The van der Waals surface area contributed by atoms with Crippen LogP contribution in [-0.2, 0) is 9.59 Å². The van der Waals surface area contributed by atoms with Gasteiger partial charge < -0.3 is 10.2 Å². The minimum atomic E-state index is -0.0192. The molecule has 0 bridgehead atoms. The first-order chi connectivity index (χ1) is 9.61. The maximum Gasteiger partial charge on any atom is 0.227 e. The van der Waals surface area contributed by atoms with E-state index in [0.29, 0.717) is 19.3 Å². The zero-order valence-corrected chi connectivity index (χ0v) is 11.8. The molecule has 1 aliphatic rings. The Hall–Kier alpha value is -2.10. The Morgan fingerprint density at radius 1 is 1.50 bits per heavy atom. The van der Waals surface area contributed by atoms with E-state index in [0.717, 1.165) is 29.9 Å². The molecule has 1 aromatic carbocycles. The van der Waals surface area contributed by atoms with Gasteiger partial charge in [0.25, 0.3) is 0 Å². The molecule has 1 saturated heterocycles. The van der Waals surface area contributed by atoms with Gasteiger partial charge in [-0.1, -0.05) is 6.08 Å². The lowest BCUT2D eigenvalue weighted by atomic mass is 10.1. The number of anilines is 2. The normalized spacial score (nSPS) is 14.4. The van der Waals surface area contributed by atoms with Gasteiger partial charge in [0.2, 0.25) is 11.8 Å². The number of carbonyl (C=O) groups is 2. The molecular formula is C16H20N2O2. The number of nitrogens with zero attached hydrogens (tertiary/aromatic N) is 1. The topological polar surface area (TPSA) is 49.4 Å². The van der Waals surface area contributed by atoms with Gasteiger partial charge in [-0.2, -0.15) is 0 Å². The SMILES string of the molecule is C=CCCC(=O)Nc1ccc(N2CCCC2=O)c(C)c1. The van der Waals surface area contributed by atoms with Crippen LogP contribution in [0.25, 0.3) is 0 Å². The molecule has 106 valence electrons. The van der Waals surface area contributed by atoms with Gasteiger partial charge in [0.05, 0.1) is 0 Å². The first-order valence-corrected chi connectivity index (χ1v) is 6.93. The van der Waals surface area contributed by atoms with Crippen molar-refractivity contribution in [1.29, 1.82) is 0 Å². The summed E-state index contributed by atoms with van der Waals surface area (Å²) in [5, 5.41) is 2.86. The zero-order chi connectivity index (χ0) is 14.5. The van der Waals surface area contributed by atoms with Crippen LogP contribution < -0.4 is 10.2 Å². The number of carbonyl (C=O) groups excluding carboxylic acids is 2. The van der Waals surface area contributed by atoms with E-state index in [9.17, 15) is 9.59 Å². The second-order valence-electron chi connectivity index (χ2n) is 5.03. The van der Waals surface area contributed by atoms with Crippen LogP contribution in [0.5, 0.6) is 0 Å². The van der Waals surface area contributed by atoms with Gasteiger partial charge in [0, 0.05) is 30.8 Å². The molecule has 0 saturated carbocycles. The molecule has 0 unspecified atom stereocenters.